The van der Waals surface area contributed by atoms with Crippen LogP contribution in [0.4, 0.5) is 4.39 Å². The Bertz CT molecular complexity index is 1920. The molecule has 310 valence electrons. The van der Waals surface area contributed by atoms with Crippen molar-refractivity contribution in [2.75, 3.05) is 13.7 Å². The molecule has 16 heteroatoms. The fraction of sp³-hybridized carbons (Fsp3) is 0.357. The molecule has 58 heavy (non-hydrogen) atoms. The lowest BCUT2D eigenvalue weighted by atomic mass is 9.99. The van der Waals surface area contributed by atoms with Gasteiger partial charge in [-0.1, -0.05) is 68.4 Å². The number of benzene rings is 3. The summed E-state index contributed by atoms with van der Waals surface area (Å²) >= 11 is 0. The summed E-state index contributed by atoms with van der Waals surface area (Å²) in [5.41, 5.74) is 18.0. The van der Waals surface area contributed by atoms with E-state index in [-0.39, 0.29) is 44.1 Å². The van der Waals surface area contributed by atoms with Gasteiger partial charge < -0.3 is 37.9 Å². The minimum Gasteiger partial charge on any atom is -0.497 e. The highest BCUT2D eigenvalue weighted by atomic mass is 19.1. The molecular weight excluding hydrogens is 748 g/mol. The van der Waals surface area contributed by atoms with Crippen LogP contribution in [0, 0.1) is 11.7 Å². The van der Waals surface area contributed by atoms with Gasteiger partial charge in [-0.05, 0) is 72.2 Å². The van der Waals surface area contributed by atoms with Crippen LogP contribution in [0.3, 0.4) is 0 Å². The number of rotatable bonds is 21. The van der Waals surface area contributed by atoms with E-state index in [2.05, 4.69) is 20.9 Å². The van der Waals surface area contributed by atoms with Crippen molar-refractivity contribution >= 4 is 47.5 Å². The Morgan fingerprint density at radius 2 is 1.34 bits per heavy atom. The van der Waals surface area contributed by atoms with Crippen LogP contribution in [0.25, 0.3) is 6.08 Å². The van der Waals surface area contributed by atoms with Gasteiger partial charge in [0.25, 0.3) is 5.91 Å². The molecule has 0 spiro atoms. The van der Waals surface area contributed by atoms with Gasteiger partial charge in [-0.3, -0.25) is 38.7 Å². The molecule has 0 fully saturated rings. The highest BCUT2D eigenvalue weighted by Gasteiger charge is 2.36. The summed E-state index contributed by atoms with van der Waals surface area (Å²) in [6.45, 7) is 5.00. The van der Waals surface area contributed by atoms with Crippen molar-refractivity contribution in [1.82, 2.24) is 20.9 Å². The Hall–Kier alpha value is -6.58. The van der Waals surface area contributed by atoms with Crippen molar-refractivity contribution in [3.63, 3.8) is 0 Å². The number of carbonyl (C=O) groups is 6. The smallest absolute Gasteiger partial charge is 0.253 e. The molecule has 0 aliphatic heterocycles. The molecule has 0 saturated carbocycles. The number of methoxy groups -OCH3 is 1. The molecule has 4 atom stereocenters. The van der Waals surface area contributed by atoms with E-state index in [1.807, 2.05) is 13.8 Å². The lowest BCUT2D eigenvalue weighted by Crippen LogP contribution is -2.59. The summed E-state index contributed by atoms with van der Waals surface area (Å²) in [6, 6.07) is 15.7. The molecule has 0 heterocycles. The van der Waals surface area contributed by atoms with Gasteiger partial charge in [-0.2, -0.15) is 0 Å². The van der Waals surface area contributed by atoms with Crippen LogP contribution < -0.4 is 37.9 Å². The van der Waals surface area contributed by atoms with Crippen LogP contribution >= 0.6 is 0 Å². The highest BCUT2D eigenvalue weighted by molar-refractivity contribution is 6.06. The van der Waals surface area contributed by atoms with E-state index in [4.69, 9.17) is 21.9 Å². The number of nitrogens with zero attached hydrogens (tertiary/aromatic N) is 2. The highest BCUT2D eigenvalue weighted by Crippen LogP contribution is 2.17. The summed E-state index contributed by atoms with van der Waals surface area (Å²) < 4.78 is 19.2. The molecular formula is C42H53FN8O7. The molecule has 0 aromatic heterocycles. The molecule has 0 saturated heterocycles. The standard InChI is InChI=1S/C42H53FN8O7/c1-26(2)23-34(39(55)48-33(38(44)54)11-8-22-47-42(45)46)49-40(56)35(24-29-14-19-32(58-4)20-15-29)50-41(57)36(25-30-12-17-31(43)18-13-30)51(27(3)52)37(53)21-16-28-9-6-5-7-10-28/h5-7,9-10,12-21,26,33-36H,8,11,22-25H2,1-4H3,(H2,44,54)(H,48,55)(H,49,56)(H,50,57)(H4,45,46,47)/b21-16+/t33-,34-,35-,36-/m0/s1. The Morgan fingerprint density at radius 3 is 1.91 bits per heavy atom. The van der Waals surface area contributed by atoms with Gasteiger partial charge in [0, 0.05) is 32.4 Å². The number of hydrogen-bond acceptors (Lipinski definition) is 8. The molecule has 0 aliphatic rings. The summed E-state index contributed by atoms with van der Waals surface area (Å²) in [5.74, 6) is -4.89. The maximum atomic E-state index is 14.4. The fourth-order valence-electron chi connectivity index (χ4n) is 6.00. The Balaban J connectivity index is 1.99. The molecule has 3 aromatic rings. The number of carbonyl (C=O) groups excluding carboxylic acids is 6. The molecule has 0 aliphatic carbocycles. The van der Waals surface area contributed by atoms with Crippen LogP contribution in [-0.2, 0) is 41.6 Å². The first-order chi connectivity index (χ1) is 27.6. The molecule has 0 bridgehead atoms. The first kappa shape index (κ1) is 45.8. The largest absolute Gasteiger partial charge is 0.497 e. The zero-order valence-corrected chi connectivity index (χ0v) is 33.2. The Kier molecular flexibility index (Phi) is 18.0. The number of nitrogens with one attached hydrogen (secondary N) is 3. The molecule has 0 radical (unpaired) electrons. The van der Waals surface area contributed by atoms with E-state index < -0.39 is 65.4 Å². The van der Waals surface area contributed by atoms with E-state index in [1.54, 1.807) is 54.6 Å². The van der Waals surface area contributed by atoms with E-state index >= 15 is 0 Å². The molecule has 15 nitrogen and oxygen atoms in total. The monoisotopic (exact) mass is 800 g/mol. The number of primary amides is 1. The van der Waals surface area contributed by atoms with Gasteiger partial charge >= 0.3 is 0 Å². The molecule has 9 N–H and O–H groups in total. The summed E-state index contributed by atoms with van der Waals surface area (Å²) in [4.78, 5) is 86.1. The quantitative estimate of drug-likeness (QED) is 0.0400. The van der Waals surface area contributed by atoms with Crippen LogP contribution in [0.5, 0.6) is 5.75 Å². The predicted octanol–water partition coefficient (Wildman–Crippen LogP) is 2.12. The van der Waals surface area contributed by atoms with Gasteiger partial charge in [0.15, 0.2) is 5.96 Å². The number of ether oxygens (including phenoxy) is 1. The maximum absolute atomic E-state index is 14.4. The second-order valence-electron chi connectivity index (χ2n) is 14.0. The van der Waals surface area contributed by atoms with Gasteiger partial charge in [0.2, 0.25) is 29.5 Å². The number of aliphatic imine (C=N–C) groups is 1. The third kappa shape index (κ3) is 15.2. The van der Waals surface area contributed by atoms with Crippen molar-refractivity contribution < 1.29 is 37.9 Å². The lowest BCUT2D eigenvalue weighted by Gasteiger charge is -2.30. The Morgan fingerprint density at radius 1 is 0.776 bits per heavy atom. The van der Waals surface area contributed by atoms with Crippen molar-refractivity contribution in [2.45, 2.75) is 77.0 Å². The summed E-state index contributed by atoms with van der Waals surface area (Å²) in [7, 11) is 1.50. The van der Waals surface area contributed by atoms with E-state index in [0.29, 0.717) is 28.9 Å². The first-order valence-corrected chi connectivity index (χ1v) is 18.8. The summed E-state index contributed by atoms with van der Waals surface area (Å²) in [6.07, 6.45) is 2.95. The number of amides is 6. The van der Waals surface area contributed by atoms with E-state index in [1.165, 1.54) is 43.5 Å². The van der Waals surface area contributed by atoms with Gasteiger partial charge in [-0.25, -0.2) is 4.39 Å². The normalized spacial score (nSPS) is 13.1. The van der Waals surface area contributed by atoms with Gasteiger partial charge in [-0.15, -0.1) is 0 Å². The predicted molar refractivity (Wildman–Crippen MR) is 218 cm³/mol. The van der Waals surface area contributed by atoms with Crippen molar-refractivity contribution in [3.8, 4) is 5.75 Å². The molecule has 3 aromatic carbocycles. The van der Waals surface area contributed by atoms with Crippen LogP contribution in [0.15, 0.2) is 89.9 Å². The number of halogens is 1. The molecule has 6 amide bonds. The minimum atomic E-state index is -1.49. The summed E-state index contributed by atoms with van der Waals surface area (Å²) in [5, 5.41) is 8.07. The Labute approximate surface area is 337 Å². The average molecular weight is 801 g/mol. The van der Waals surface area contributed by atoms with Crippen LogP contribution in [0.2, 0.25) is 0 Å². The van der Waals surface area contributed by atoms with Crippen molar-refractivity contribution in [2.24, 2.45) is 28.1 Å². The zero-order valence-electron chi connectivity index (χ0n) is 33.2. The van der Waals surface area contributed by atoms with Gasteiger partial charge in [0.1, 0.15) is 35.7 Å². The average Bonchev–Trinajstić information content (AvgIpc) is 3.18. The van der Waals surface area contributed by atoms with E-state index in [9.17, 15) is 33.2 Å². The number of imide groups is 1. The second kappa shape index (κ2) is 22.8. The van der Waals surface area contributed by atoms with Crippen LogP contribution in [0.1, 0.15) is 56.7 Å². The molecule has 0 unspecified atom stereocenters. The first-order valence-electron chi connectivity index (χ1n) is 18.8. The second-order valence-corrected chi connectivity index (χ2v) is 14.0. The van der Waals surface area contributed by atoms with E-state index in [0.717, 1.165) is 11.8 Å². The third-order valence-electron chi connectivity index (χ3n) is 8.93. The number of hydrogen-bond donors (Lipinski definition) is 6. The number of nitrogens with two attached hydrogens (primary N) is 3. The van der Waals surface area contributed by atoms with Gasteiger partial charge in [0.05, 0.1) is 7.11 Å². The fourth-order valence-corrected chi connectivity index (χ4v) is 6.00. The maximum Gasteiger partial charge on any atom is 0.253 e. The SMILES string of the molecule is COc1ccc(C[C@H](NC(=O)[C@H](Cc2ccc(F)cc2)N(C(C)=O)C(=O)/C=C/c2ccccc2)C(=O)N[C@@H](CC(C)C)C(=O)N[C@@H](CCCN=C(N)N)C(N)=O)cc1. The van der Waals surface area contributed by atoms with Crippen molar-refractivity contribution in [3.05, 3.63) is 107 Å². The number of guanidine groups is 1. The topological polar surface area (TPSA) is 241 Å². The third-order valence-corrected chi connectivity index (χ3v) is 8.93. The van der Waals surface area contributed by atoms with Crippen molar-refractivity contribution in [1.29, 1.82) is 0 Å². The molecule has 3 rings (SSSR count). The minimum absolute atomic E-state index is 0.0858. The lowest BCUT2D eigenvalue weighted by molar-refractivity contribution is -0.148. The zero-order chi connectivity index (χ0) is 42.8. The van der Waals surface area contributed by atoms with Crippen LogP contribution in [-0.4, -0.2) is 84.1 Å².